The number of nitrogens with one attached hydrogen (secondary N) is 1. The van der Waals surface area contributed by atoms with E-state index >= 15 is 0 Å². The Morgan fingerprint density at radius 2 is 2.32 bits per heavy atom. The highest BCUT2D eigenvalue weighted by Gasteiger charge is 2.22. The molecule has 1 aliphatic rings. The molecule has 1 N–H and O–H groups in total. The fourth-order valence-corrected chi connectivity index (χ4v) is 2.03. The largest absolute Gasteiger partial charge is 0.378 e. The number of hydrogen-bond acceptors (Lipinski definition) is 5. The Hall–Kier alpha value is -1.79. The smallest absolute Gasteiger partial charge is 0.260 e. The zero-order valence-corrected chi connectivity index (χ0v) is 10.5. The molecule has 5 nitrogen and oxygen atoms in total. The molecular formula is C13H14FN3O2. The van der Waals surface area contributed by atoms with Crippen LogP contribution in [0.4, 0.5) is 4.39 Å². The van der Waals surface area contributed by atoms with Crippen LogP contribution in [0.25, 0.3) is 11.5 Å². The van der Waals surface area contributed by atoms with E-state index in [0.29, 0.717) is 30.2 Å². The fraction of sp³-hybridized carbons (Fsp3) is 0.385. The zero-order valence-electron chi connectivity index (χ0n) is 10.5. The Balaban J connectivity index is 1.90. The fourth-order valence-electron chi connectivity index (χ4n) is 2.03. The highest BCUT2D eigenvalue weighted by atomic mass is 19.1. The summed E-state index contributed by atoms with van der Waals surface area (Å²) in [6, 6.07) is 5.00. The van der Waals surface area contributed by atoms with Crippen LogP contribution >= 0.6 is 0 Å². The highest BCUT2D eigenvalue weighted by molar-refractivity contribution is 5.55. The molecule has 0 saturated carbocycles. The predicted molar refractivity (Wildman–Crippen MR) is 66.0 cm³/mol. The first-order valence-corrected chi connectivity index (χ1v) is 6.16. The zero-order chi connectivity index (χ0) is 13.2. The van der Waals surface area contributed by atoms with Crippen molar-refractivity contribution in [2.45, 2.75) is 13.0 Å². The maximum atomic E-state index is 14.0. The summed E-state index contributed by atoms with van der Waals surface area (Å²) in [4.78, 5) is 4.25. The summed E-state index contributed by atoms with van der Waals surface area (Å²) in [7, 11) is 0. The van der Waals surface area contributed by atoms with E-state index in [2.05, 4.69) is 15.5 Å². The van der Waals surface area contributed by atoms with Gasteiger partial charge in [0.2, 0.25) is 0 Å². The second-order valence-electron chi connectivity index (χ2n) is 4.48. The van der Waals surface area contributed by atoms with Crippen LogP contribution < -0.4 is 5.32 Å². The van der Waals surface area contributed by atoms with Gasteiger partial charge in [-0.2, -0.15) is 4.98 Å². The summed E-state index contributed by atoms with van der Waals surface area (Å²) in [6.07, 6.45) is 0. The number of aromatic nitrogens is 2. The Morgan fingerprint density at radius 1 is 1.42 bits per heavy atom. The van der Waals surface area contributed by atoms with Crippen molar-refractivity contribution in [1.29, 1.82) is 0 Å². The molecule has 3 rings (SSSR count). The molecule has 0 amide bonds. The van der Waals surface area contributed by atoms with Gasteiger partial charge in [-0.25, -0.2) is 4.39 Å². The highest BCUT2D eigenvalue weighted by Crippen LogP contribution is 2.24. The van der Waals surface area contributed by atoms with E-state index in [1.54, 1.807) is 25.1 Å². The van der Waals surface area contributed by atoms with Crippen LogP contribution in [-0.4, -0.2) is 29.9 Å². The van der Waals surface area contributed by atoms with Crippen molar-refractivity contribution in [3.63, 3.8) is 0 Å². The molecule has 1 aromatic heterocycles. The van der Waals surface area contributed by atoms with Gasteiger partial charge in [0.25, 0.3) is 5.89 Å². The van der Waals surface area contributed by atoms with Crippen LogP contribution in [0.15, 0.2) is 22.7 Å². The number of rotatable bonds is 2. The second kappa shape index (κ2) is 5.07. The van der Waals surface area contributed by atoms with Crippen molar-refractivity contribution < 1.29 is 13.7 Å². The Labute approximate surface area is 109 Å². The molecule has 1 unspecified atom stereocenters. The lowest BCUT2D eigenvalue weighted by Crippen LogP contribution is -2.35. The molecule has 100 valence electrons. The average Bonchev–Trinajstić information content (AvgIpc) is 2.92. The normalized spacial score (nSPS) is 19.6. The van der Waals surface area contributed by atoms with Crippen LogP contribution in [0.1, 0.15) is 17.4 Å². The Kier molecular flexibility index (Phi) is 3.27. The summed E-state index contributed by atoms with van der Waals surface area (Å²) < 4.78 is 24.4. The van der Waals surface area contributed by atoms with E-state index in [9.17, 15) is 4.39 Å². The van der Waals surface area contributed by atoms with E-state index in [1.165, 1.54) is 0 Å². The molecule has 6 heteroatoms. The standard InChI is InChI=1S/C13H14FN3O2/c1-8-3-2-4-9(11(8)14)13-16-12(17-19-13)10-7-18-6-5-15-10/h2-4,10,15H,5-7H2,1H3. The molecular weight excluding hydrogens is 249 g/mol. The maximum Gasteiger partial charge on any atom is 0.260 e. The van der Waals surface area contributed by atoms with E-state index in [1.807, 2.05) is 0 Å². The van der Waals surface area contributed by atoms with E-state index in [0.717, 1.165) is 6.54 Å². The number of nitrogens with zero attached hydrogens (tertiary/aromatic N) is 2. The van der Waals surface area contributed by atoms with Crippen LogP contribution in [0.5, 0.6) is 0 Å². The lowest BCUT2D eigenvalue weighted by molar-refractivity contribution is 0.0734. The van der Waals surface area contributed by atoms with Gasteiger partial charge in [-0.1, -0.05) is 17.3 Å². The minimum Gasteiger partial charge on any atom is -0.378 e. The van der Waals surface area contributed by atoms with E-state index in [4.69, 9.17) is 9.26 Å². The molecule has 1 fully saturated rings. The van der Waals surface area contributed by atoms with E-state index in [-0.39, 0.29) is 17.7 Å². The average molecular weight is 263 g/mol. The first kappa shape index (κ1) is 12.3. The third kappa shape index (κ3) is 2.36. The second-order valence-corrected chi connectivity index (χ2v) is 4.48. The number of halogens is 1. The maximum absolute atomic E-state index is 14.0. The minimum atomic E-state index is -0.328. The van der Waals surface area contributed by atoms with Gasteiger partial charge in [-0.3, -0.25) is 0 Å². The number of hydrogen-bond donors (Lipinski definition) is 1. The molecule has 0 bridgehead atoms. The molecule has 1 atom stereocenters. The molecule has 1 aliphatic heterocycles. The summed E-state index contributed by atoms with van der Waals surface area (Å²) in [5, 5.41) is 7.11. The van der Waals surface area contributed by atoms with Gasteiger partial charge in [-0.05, 0) is 18.6 Å². The van der Waals surface area contributed by atoms with Crippen LogP contribution in [0.3, 0.4) is 0 Å². The SMILES string of the molecule is Cc1cccc(-c2nc(C3COCCN3)no2)c1F. The Bertz CT molecular complexity index is 579. The molecule has 0 radical (unpaired) electrons. The predicted octanol–water partition coefficient (Wildman–Crippen LogP) is 1.85. The number of benzene rings is 1. The third-order valence-electron chi connectivity index (χ3n) is 3.10. The van der Waals surface area contributed by atoms with Crippen LogP contribution in [0.2, 0.25) is 0 Å². The van der Waals surface area contributed by atoms with Gasteiger partial charge in [-0.15, -0.1) is 0 Å². The topological polar surface area (TPSA) is 60.2 Å². The van der Waals surface area contributed by atoms with Crippen molar-refractivity contribution >= 4 is 0 Å². The molecule has 2 aromatic rings. The van der Waals surface area contributed by atoms with Crippen LogP contribution in [-0.2, 0) is 4.74 Å². The van der Waals surface area contributed by atoms with Crippen molar-refractivity contribution in [2.75, 3.05) is 19.8 Å². The number of morpholine rings is 1. The molecule has 0 spiro atoms. The lowest BCUT2D eigenvalue weighted by Gasteiger charge is -2.20. The summed E-state index contributed by atoms with van der Waals surface area (Å²) >= 11 is 0. The van der Waals surface area contributed by atoms with Crippen molar-refractivity contribution in [2.24, 2.45) is 0 Å². The molecule has 2 heterocycles. The van der Waals surface area contributed by atoms with Gasteiger partial charge in [0.1, 0.15) is 5.82 Å². The molecule has 0 aliphatic carbocycles. The van der Waals surface area contributed by atoms with Crippen molar-refractivity contribution in [1.82, 2.24) is 15.5 Å². The summed E-state index contributed by atoms with van der Waals surface area (Å²) in [5.41, 5.74) is 0.881. The molecule has 1 aromatic carbocycles. The minimum absolute atomic E-state index is 0.0980. The molecule has 19 heavy (non-hydrogen) atoms. The number of ether oxygens (including phenoxy) is 1. The quantitative estimate of drug-likeness (QED) is 0.896. The number of aryl methyl sites for hydroxylation is 1. The van der Waals surface area contributed by atoms with Gasteiger partial charge in [0.15, 0.2) is 5.82 Å². The molecule has 1 saturated heterocycles. The van der Waals surface area contributed by atoms with Gasteiger partial charge >= 0.3 is 0 Å². The van der Waals surface area contributed by atoms with Crippen LogP contribution in [0, 0.1) is 12.7 Å². The van der Waals surface area contributed by atoms with Gasteiger partial charge in [0, 0.05) is 6.54 Å². The van der Waals surface area contributed by atoms with Gasteiger partial charge in [0.05, 0.1) is 24.8 Å². The van der Waals surface area contributed by atoms with Crippen molar-refractivity contribution in [3.05, 3.63) is 35.4 Å². The summed E-state index contributed by atoms with van der Waals surface area (Å²) in [5.74, 6) is 0.365. The van der Waals surface area contributed by atoms with Crippen molar-refractivity contribution in [3.8, 4) is 11.5 Å². The monoisotopic (exact) mass is 263 g/mol. The lowest BCUT2D eigenvalue weighted by atomic mass is 10.1. The first-order chi connectivity index (χ1) is 9.25. The van der Waals surface area contributed by atoms with E-state index < -0.39 is 0 Å². The summed E-state index contributed by atoms with van der Waals surface area (Å²) in [6.45, 7) is 3.61. The third-order valence-corrected chi connectivity index (χ3v) is 3.10. The Morgan fingerprint density at radius 3 is 3.11 bits per heavy atom. The van der Waals surface area contributed by atoms with Gasteiger partial charge < -0.3 is 14.6 Å². The first-order valence-electron chi connectivity index (χ1n) is 6.16.